The third-order valence-corrected chi connectivity index (χ3v) is 2.41. The van der Waals surface area contributed by atoms with Crippen molar-refractivity contribution in [1.82, 2.24) is 4.98 Å². The van der Waals surface area contributed by atoms with E-state index in [-0.39, 0.29) is 0 Å². The maximum absolute atomic E-state index is 5.54. The number of aryl methyl sites for hydroxylation is 3. The van der Waals surface area contributed by atoms with E-state index < -0.39 is 0 Å². The molecule has 0 N–H and O–H groups in total. The molecule has 1 heterocycles. The summed E-state index contributed by atoms with van der Waals surface area (Å²) in [5, 5.41) is 0. The molecule has 2 rings (SSSR count). The van der Waals surface area contributed by atoms with Crippen LogP contribution in [0.3, 0.4) is 0 Å². The van der Waals surface area contributed by atoms with Crippen LogP contribution in [0.1, 0.15) is 24.1 Å². The van der Waals surface area contributed by atoms with Gasteiger partial charge in [-0.3, -0.25) is 0 Å². The Kier molecular flexibility index (Phi) is 3.18. The number of oxazole rings is 1. The van der Waals surface area contributed by atoms with Crippen LogP contribution in [0.5, 0.6) is 0 Å². The third-order valence-electron chi connectivity index (χ3n) is 2.41. The van der Waals surface area contributed by atoms with Gasteiger partial charge in [0.25, 0.3) is 0 Å². The summed E-state index contributed by atoms with van der Waals surface area (Å²) in [4.78, 5) is 4.18. The van der Waals surface area contributed by atoms with Gasteiger partial charge in [-0.2, -0.15) is 0 Å². The largest absolute Gasteiger partial charge is 0.446 e. The normalized spacial score (nSPS) is 10.5. The fraction of sp³-hybridized carbons (Fsp3) is 0.308. The lowest BCUT2D eigenvalue weighted by molar-refractivity contribution is 0.459. The molecule has 0 radical (unpaired) electrons. The molecule has 0 aliphatic heterocycles. The average Bonchev–Trinajstić information content (AvgIpc) is 2.76. The molecule has 2 heteroatoms. The molecule has 0 fully saturated rings. The summed E-state index contributed by atoms with van der Waals surface area (Å²) < 4.78 is 5.54. The van der Waals surface area contributed by atoms with Crippen molar-refractivity contribution in [1.29, 1.82) is 0 Å². The molecule has 1 aromatic carbocycles. The number of hydrogen-bond donors (Lipinski definition) is 0. The molecule has 0 bridgehead atoms. The Hall–Kier alpha value is -1.57. The van der Waals surface area contributed by atoms with Crippen molar-refractivity contribution < 1.29 is 4.42 Å². The van der Waals surface area contributed by atoms with Crippen LogP contribution in [0.4, 0.5) is 0 Å². The number of hydrogen-bond acceptors (Lipinski definition) is 2. The first-order valence-corrected chi connectivity index (χ1v) is 5.36. The molecule has 0 spiro atoms. The van der Waals surface area contributed by atoms with Gasteiger partial charge in [-0.05, 0) is 12.0 Å². The van der Waals surface area contributed by atoms with E-state index in [1.807, 2.05) is 19.2 Å². The van der Waals surface area contributed by atoms with Gasteiger partial charge < -0.3 is 4.42 Å². The van der Waals surface area contributed by atoms with Crippen molar-refractivity contribution in [3.05, 3.63) is 53.7 Å². The van der Waals surface area contributed by atoms with Crippen LogP contribution in [0.15, 0.2) is 40.9 Å². The predicted octanol–water partition coefficient (Wildman–Crippen LogP) is 3.02. The Labute approximate surface area is 90.0 Å². The molecule has 2 nitrogen and oxygen atoms in total. The summed E-state index contributed by atoms with van der Waals surface area (Å²) in [6, 6.07) is 10.4. The van der Waals surface area contributed by atoms with Crippen molar-refractivity contribution in [2.75, 3.05) is 0 Å². The van der Waals surface area contributed by atoms with E-state index in [2.05, 4.69) is 29.2 Å². The predicted molar refractivity (Wildman–Crippen MR) is 59.7 cm³/mol. The zero-order valence-corrected chi connectivity index (χ0v) is 8.94. The standard InChI is InChI=1S/C13H15NO/c1-2-13-14-10-12(15-13)9-8-11-6-4-3-5-7-11/h3-7,10H,2,8-9H2,1H3. The number of benzene rings is 1. The SMILES string of the molecule is CCc1ncc(CCc2ccccc2)o1. The van der Waals surface area contributed by atoms with Crippen LogP contribution in [-0.2, 0) is 19.3 Å². The van der Waals surface area contributed by atoms with Crippen molar-refractivity contribution in [2.45, 2.75) is 26.2 Å². The van der Waals surface area contributed by atoms with Crippen LogP contribution < -0.4 is 0 Å². The first-order chi connectivity index (χ1) is 7.38. The Morgan fingerprint density at radius 2 is 1.93 bits per heavy atom. The first kappa shape index (κ1) is 9.97. The van der Waals surface area contributed by atoms with Crippen molar-refractivity contribution in [3.8, 4) is 0 Å². The number of nitrogens with zero attached hydrogens (tertiary/aromatic N) is 1. The van der Waals surface area contributed by atoms with Crippen LogP contribution >= 0.6 is 0 Å². The van der Waals surface area contributed by atoms with E-state index >= 15 is 0 Å². The highest BCUT2D eigenvalue weighted by atomic mass is 16.4. The lowest BCUT2D eigenvalue weighted by Crippen LogP contribution is -1.88. The van der Waals surface area contributed by atoms with Gasteiger partial charge in [-0.1, -0.05) is 37.3 Å². The zero-order chi connectivity index (χ0) is 10.5. The van der Waals surface area contributed by atoms with Crippen molar-refractivity contribution in [2.24, 2.45) is 0 Å². The minimum Gasteiger partial charge on any atom is -0.446 e. The number of aromatic nitrogens is 1. The molecule has 1 aromatic heterocycles. The average molecular weight is 201 g/mol. The molecule has 0 aliphatic rings. The maximum Gasteiger partial charge on any atom is 0.194 e. The van der Waals surface area contributed by atoms with Gasteiger partial charge in [0.05, 0.1) is 6.20 Å². The highest BCUT2D eigenvalue weighted by Crippen LogP contribution is 2.09. The van der Waals surface area contributed by atoms with Gasteiger partial charge in [0.1, 0.15) is 5.76 Å². The summed E-state index contributed by atoms with van der Waals surface area (Å²) >= 11 is 0. The molecular formula is C13H15NO. The quantitative estimate of drug-likeness (QED) is 0.760. The Bertz CT molecular complexity index is 405. The third kappa shape index (κ3) is 2.69. The molecule has 15 heavy (non-hydrogen) atoms. The molecule has 0 unspecified atom stereocenters. The van der Waals surface area contributed by atoms with E-state index in [1.54, 1.807) is 0 Å². The topological polar surface area (TPSA) is 26.0 Å². The summed E-state index contributed by atoms with van der Waals surface area (Å²) in [5.41, 5.74) is 1.34. The number of rotatable bonds is 4. The molecule has 0 aliphatic carbocycles. The van der Waals surface area contributed by atoms with E-state index in [1.165, 1.54) is 5.56 Å². The van der Waals surface area contributed by atoms with Gasteiger partial charge in [0.2, 0.25) is 0 Å². The summed E-state index contributed by atoms with van der Waals surface area (Å²) in [5.74, 6) is 1.81. The van der Waals surface area contributed by atoms with Crippen LogP contribution in [-0.4, -0.2) is 4.98 Å². The fourth-order valence-electron chi connectivity index (χ4n) is 1.54. The molecule has 2 aromatic rings. The highest BCUT2D eigenvalue weighted by Gasteiger charge is 2.01. The van der Waals surface area contributed by atoms with Crippen LogP contribution in [0, 0.1) is 0 Å². The van der Waals surface area contributed by atoms with Gasteiger partial charge in [-0.15, -0.1) is 0 Å². The van der Waals surface area contributed by atoms with E-state index in [4.69, 9.17) is 4.42 Å². The monoisotopic (exact) mass is 201 g/mol. The Balaban J connectivity index is 1.93. The van der Waals surface area contributed by atoms with Gasteiger partial charge >= 0.3 is 0 Å². The van der Waals surface area contributed by atoms with Gasteiger partial charge in [0, 0.05) is 12.8 Å². The Morgan fingerprint density at radius 1 is 1.13 bits per heavy atom. The molecule has 0 amide bonds. The molecular weight excluding hydrogens is 186 g/mol. The van der Waals surface area contributed by atoms with Crippen molar-refractivity contribution in [3.63, 3.8) is 0 Å². The fourth-order valence-corrected chi connectivity index (χ4v) is 1.54. The van der Waals surface area contributed by atoms with E-state index in [0.717, 1.165) is 30.9 Å². The minimum atomic E-state index is 0.832. The Morgan fingerprint density at radius 3 is 2.60 bits per heavy atom. The van der Waals surface area contributed by atoms with Gasteiger partial charge in [0.15, 0.2) is 5.89 Å². The summed E-state index contributed by atoms with van der Waals surface area (Å²) in [6.45, 7) is 2.05. The maximum atomic E-state index is 5.54. The molecule has 0 saturated heterocycles. The van der Waals surface area contributed by atoms with E-state index in [9.17, 15) is 0 Å². The summed E-state index contributed by atoms with van der Waals surface area (Å²) in [6.07, 6.45) is 4.64. The van der Waals surface area contributed by atoms with Crippen molar-refractivity contribution >= 4 is 0 Å². The smallest absolute Gasteiger partial charge is 0.194 e. The van der Waals surface area contributed by atoms with Crippen LogP contribution in [0.2, 0.25) is 0 Å². The van der Waals surface area contributed by atoms with Crippen LogP contribution in [0.25, 0.3) is 0 Å². The minimum absolute atomic E-state index is 0.832. The highest BCUT2D eigenvalue weighted by molar-refractivity contribution is 5.15. The second-order valence-corrected chi connectivity index (χ2v) is 3.56. The second-order valence-electron chi connectivity index (χ2n) is 3.56. The molecule has 0 atom stereocenters. The van der Waals surface area contributed by atoms with Gasteiger partial charge in [-0.25, -0.2) is 4.98 Å². The zero-order valence-electron chi connectivity index (χ0n) is 8.94. The van der Waals surface area contributed by atoms with E-state index in [0.29, 0.717) is 0 Å². The first-order valence-electron chi connectivity index (χ1n) is 5.36. The molecule has 0 saturated carbocycles. The lowest BCUT2D eigenvalue weighted by Gasteiger charge is -1.97. The lowest BCUT2D eigenvalue weighted by atomic mass is 10.1. The summed E-state index contributed by atoms with van der Waals surface area (Å²) in [7, 11) is 0. The second kappa shape index (κ2) is 4.78. The molecule has 78 valence electrons.